The van der Waals surface area contributed by atoms with Crippen molar-refractivity contribution >= 4 is 23.9 Å². The van der Waals surface area contributed by atoms with Crippen molar-refractivity contribution in [2.75, 3.05) is 19.8 Å². The number of H-pyrrole nitrogens is 1. The Morgan fingerprint density at radius 2 is 2.00 bits per heavy atom. The molecule has 0 saturated carbocycles. The van der Waals surface area contributed by atoms with Crippen LogP contribution in [0.5, 0.6) is 0 Å². The first-order chi connectivity index (χ1) is 12.8. The number of aryl methyl sites for hydroxylation is 2. The van der Waals surface area contributed by atoms with Crippen LogP contribution < -0.4 is 5.73 Å². The van der Waals surface area contributed by atoms with Crippen LogP contribution in [0, 0.1) is 6.92 Å². The maximum atomic E-state index is 9.43. The smallest absolute Gasteiger partial charge is 0.209 e. The fourth-order valence-corrected chi connectivity index (χ4v) is 2.52. The molecule has 2 heterocycles. The van der Waals surface area contributed by atoms with E-state index in [0.717, 1.165) is 28.9 Å². The lowest BCUT2D eigenvalue weighted by Crippen LogP contribution is -2.06. The molecule has 3 aromatic rings. The second kappa shape index (κ2) is 8.84. The number of carbonyl (C=O) groups is 1. The number of nitrogen functional groups attached to an aromatic ring is 1. The second-order valence-corrected chi connectivity index (χ2v) is 6.50. The average Bonchev–Trinajstić information content (AvgIpc) is 3.21. The van der Waals surface area contributed by atoms with Gasteiger partial charge < -0.3 is 10.6 Å². The van der Waals surface area contributed by atoms with E-state index in [2.05, 4.69) is 59.5 Å². The molecule has 7 nitrogen and oxygen atoms in total. The zero-order chi connectivity index (χ0) is 20.0. The molecule has 0 spiro atoms. The van der Waals surface area contributed by atoms with Crippen molar-refractivity contribution in [1.29, 1.82) is 0 Å². The minimum absolute atomic E-state index is 0.489. The summed E-state index contributed by atoms with van der Waals surface area (Å²) in [5, 5.41) is 11.3. The Labute approximate surface area is 159 Å². The molecule has 0 radical (unpaired) electrons. The number of benzene rings is 1. The number of nitrogens with one attached hydrogen (secondary N) is 1. The molecule has 3 rings (SSSR count). The highest BCUT2D eigenvalue weighted by Crippen LogP contribution is 2.29. The molecule has 3 N–H and O–H groups in total. The standard InChI is InChI=1S/C17H19N5.C3H7NO/c1-11-5-4-6-13(9-11)12(2)10-14-16(20-21-17(14)18)15-7-8-19-22(15)3;1-4(2)3-5/h4-10H,1-3H3,(H3,18,20,21);3H,1-2H3/b12-10+;. The monoisotopic (exact) mass is 366 g/mol. The van der Waals surface area contributed by atoms with Crippen molar-refractivity contribution in [2.24, 2.45) is 7.05 Å². The third-order valence-electron chi connectivity index (χ3n) is 3.96. The number of hydrogen-bond acceptors (Lipinski definition) is 4. The van der Waals surface area contributed by atoms with Gasteiger partial charge in [0.05, 0.1) is 11.4 Å². The van der Waals surface area contributed by atoms with Crippen molar-refractivity contribution < 1.29 is 4.79 Å². The van der Waals surface area contributed by atoms with Crippen LogP contribution >= 0.6 is 0 Å². The van der Waals surface area contributed by atoms with Crippen LogP contribution in [0.2, 0.25) is 0 Å². The summed E-state index contributed by atoms with van der Waals surface area (Å²) in [5.41, 5.74) is 12.3. The summed E-state index contributed by atoms with van der Waals surface area (Å²) in [6.45, 7) is 4.16. The summed E-state index contributed by atoms with van der Waals surface area (Å²) in [7, 11) is 5.27. The van der Waals surface area contributed by atoms with Crippen molar-refractivity contribution in [3.05, 3.63) is 53.2 Å². The predicted octanol–water partition coefficient (Wildman–Crippen LogP) is 2.97. The van der Waals surface area contributed by atoms with Crippen LogP contribution in [-0.2, 0) is 11.8 Å². The van der Waals surface area contributed by atoms with Gasteiger partial charge in [-0.05, 0) is 37.1 Å². The number of rotatable bonds is 4. The van der Waals surface area contributed by atoms with Crippen molar-refractivity contribution in [3.8, 4) is 11.4 Å². The topological polar surface area (TPSA) is 92.8 Å². The normalized spacial score (nSPS) is 10.9. The Balaban J connectivity index is 0.000000465. The second-order valence-electron chi connectivity index (χ2n) is 6.50. The molecule has 0 bridgehead atoms. The first-order valence-corrected chi connectivity index (χ1v) is 8.52. The van der Waals surface area contributed by atoms with Crippen molar-refractivity contribution in [3.63, 3.8) is 0 Å². The summed E-state index contributed by atoms with van der Waals surface area (Å²) in [4.78, 5) is 10.9. The van der Waals surface area contributed by atoms with E-state index in [1.807, 2.05) is 13.1 Å². The van der Waals surface area contributed by atoms with Gasteiger partial charge in [-0.25, -0.2) is 0 Å². The molecule has 27 heavy (non-hydrogen) atoms. The Morgan fingerprint density at radius 1 is 1.30 bits per heavy atom. The Morgan fingerprint density at radius 3 is 2.56 bits per heavy atom. The zero-order valence-corrected chi connectivity index (χ0v) is 16.4. The van der Waals surface area contributed by atoms with E-state index in [1.54, 1.807) is 25.0 Å². The van der Waals surface area contributed by atoms with Gasteiger partial charge in [-0.2, -0.15) is 10.2 Å². The van der Waals surface area contributed by atoms with Gasteiger partial charge in [0.2, 0.25) is 6.41 Å². The number of amides is 1. The Bertz CT molecular complexity index is 936. The minimum atomic E-state index is 0.489. The van der Waals surface area contributed by atoms with Gasteiger partial charge in [-0.3, -0.25) is 14.6 Å². The fourth-order valence-electron chi connectivity index (χ4n) is 2.52. The average molecular weight is 366 g/mol. The highest BCUT2D eigenvalue weighted by Gasteiger charge is 2.14. The van der Waals surface area contributed by atoms with Crippen molar-refractivity contribution in [2.45, 2.75) is 13.8 Å². The number of carbonyl (C=O) groups excluding carboxylic acids is 1. The van der Waals surface area contributed by atoms with Gasteiger partial charge in [0, 0.05) is 32.9 Å². The lowest BCUT2D eigenvalue weighted by Gasteiger charge is -2.05. The first-order valence-electron chi connectivity index (χ1n) is 8.52. The van der Waals surface area contributed by atoms with E-state index in [1.165, 1.54) is 16.0 Å². The highest BCUT2D eigenvalue weighted by atomic mass is 16.1. The molecule has 0 aliphatic carbocycles. The molecule has 0 aliphatic heterocycles. The summed E-state index contributed by atoms with van der Waals surface area (Å²) in [5.74, 6) is 0.489. The van der Waals surface area contributed by atoms with Gasteiger partial charge in [0.1, 0.15) is 0 Å². The van der Waals surface area contributed by atoms with E-state index in [0.29, 0.717) is 5.82 Å². The number of hydrogen-bond donors (Lipinski definition) is 2. The molecule has 0 aliphatic rings. The van der Waals surface area contributed by atoms with Crippen LogP contribution in [-0.4, -0.2) is 45.4 Å². The van der Waals surface area contributed by atoms with E-state index < -0.39 is 0 Å². The van der Waals surface area contributed by atoms with Crippen LogP contribution in [0.3, 0.4) is 0 Å². The summed E-state index contributed by atoms with van der Waals surface area (Å²) < 4.78 is 1.80. The van der Waals surface area contributed by atoms with Crippen LogP contribution in [0.4, 0.5) is 5.82 Å². The quantitative estimate of drug-likeness (QED) is 0.694. The molecule has 1 aromatic carbocycles. The SMILES string of the molecule is C/C(=C\c1c(N)n[nH]c1-c1ccnn1C)c1cccc(C)c1.CN(C)C=O. The molecular weight excluding hydrogens is 340 g/mol. The number of aromatic amines is 1. The van der Waals surface area contributed by atoms with E-state index >= 15 is 0 Å². The van der Waals surface area contributed by atoms with Gasteiger partial charge >= 0.3 is 0 Å². The molecule has 1 amide bonds. The lowest BCUT2D eigenvalue weighted by atomic mass is 10.0. The third kappa shape index (κ3) is 5.07. The number of aromatic nitrogens is 4. The number of anilines is 1. The van der Waals surface area contributed by atoms with Crippen molar-refractivity contribution in [1.82, 2.24) is 24.9 Å². The van der Waals surface area contributed by atoms with Gasteiger partial charge in [0.15, 0.2) is 5.82 Å². The van der Waals surface area contributed by atoms with Gasteiger partial charge in [0.25, 0.3) is 0 Å². The summed E-state index contributed by atoms with van der Waals surface area (Å²) in [6, 6.07) is 10.3. The van der Waals surface area contributed by atoms with E-state index in [9.17, 15) is 4.79 Å². The molecule has 7 heteroatoms. The van der Waals surface area contributed by atoms with Gasteiger partial charge in [-0.1, -0.05) is 29.8 Å². The summed E-state index contributed by atoms with van der Waals surface area (Å²) >= 11 is 0. The Kier molecular flexibility index (Phi) is 6.54. The third-order valence-corrected chi connectivity index (χ3v) is 3.96. The minimum Gasteiger partial charge on any atom is -0.382 e. The van der Waals surface area contributed by atoms with E-state index in [-0.39, 0.29) is 0 Å². The number of nitrogens with two attached hydrogens (primary N) is 1. The Hall–Kier alpha value is -3.35. The fraction of sp³-hybridized carbons (Fsp3) is 0.250. The number of allylic oxidation sites excluding steroid dienone is 1. The van der Waals surface area contributed by atoms with Crippen LogP contribution in [0.1, 0.15) is 23.6 Å². The maximum Gasteiger partial charge on any atom is 0.209 e. The molecule has 0 unspecified atom stereocenters. The molecule has 0 atom stereocenters. The predicted molar refractivity (Wildman–Crippen MR) is 110 cm³/mol. The highest BCUT2D eigenvalue weighted by molar-refractivity contribution is 5.88. The van der Waals surface area contributed by atoms with E-state index in [4.69, 9.17) is 5.73 Å². The largest absolute Gasteiger partial charge is 0.382 e. The maximum absolute atomic E-state index is 9.43. The van der Waals surface area contributed by atoms with Crippen LogP contribution in [0.25, 0.3) is 23.0 Å². The first kappa shape index (κ1) is 20.0. The molecule has 0 fully saturated rings. The van der Waals surface area contributed by atoms with Crippen LogP contribution in [0.15, 0.2) is 36.5 Å². The molecule has 2 aromatic heterocycles. The zero-order valence-electron chi connectivity index (χ0n) is 16.4. The van der Waals surface area contributed by atoms with Gasteiger partial charge in [-0.15, -0.1) is 0 Å². The molecular formula is C20H26N6O. The molecule has 142 valence electrons. The summed E-state index contributed by atoms with van der Waals surface area (Å²) in [6.07, 6.45) is 4.57. The molecule has 0 saturated heterocycles. The lowest BCUT2D eigenvalue weighted by molar-refractivity contribution is -0.115. The number of nitrogens with zero attached hydrogens (tertiary/aromatic N) is 4.